The first kappa shape index (κ1) is 15.3. The number of rotatable bonds is 1. The number of nitrogens with two attached hydrogens (primary N) is 1. The standard InChI is InChI=1S/C15H21BrN2O2/c1-15(2,3)20-14(19)18-7-6-10-8-11(16)4-5-12(10)13(18)9-17/h4-5,8,13H,6-7,9,17H2,1-3H3/t13-/m1/s1. The van der Waals surface area contributed by atoms with Gasteiger partial charge in [0.2, 0.25) is 0 Å². The summed E-state index contributed by atoms with van der Waals surface area (Å²) in [5.74, 6) is 0. The first-order valence-corrected chi connectivity index (χ1v) is 7.59. The van der Waals surface area contributed by atoms with Crippen LogP contribution < -0.4 is 5.73 Å². The first-order chi connectivity index (χ1) is 9.31. The number of benzene rings is 1. The van der Waals surface area contributed by atoms with E-state index in [1.54, 1.807) is 4.90 Å². The molecule has 2 N–H and O–H groups in total. The minimum atomic E-state index is -0.490. The average Bonchev–Trinajstić information content (AvgIpc) is 2.34. The molecule has 1 atom stereocenters. The predicted octanol–water partition coefficient (Wildman–Crippen LogP) is 3.24. The number of halogens is 1. The Bertz CT molecular complexity index is 511. The van der Waals surface area contributed by atoms with Crippen LogP contribution in [-0.2, 0) is 11.2 Å². The van der Waals surface area contributed by atoms with E-state index in [1.165, 1.54) is 5.56 Å². The zero-order valence-corrected chi connectivity index (χ0v) is 13.7. The summed E-state index contributed by atoms with van der Waals surface area (Å²) >= 11 is 3.48. The van der Waals surface area contributed by atoms with Crippen molar-refractivity contribution >= 4 is 22.0 Å². The van der Waals surface area contributed by atoms with Crippen molar-refractivity contribution in [2.75, 3.05) is 13.1 Å². The van der Waals surface area contributed by atoms with Crippen molar-refractivity contribution in [3.63, 3.8) is 0 Å². The smallest absolute Gasteiger partial charge is 0.410 e. The fourth-order valence-corrected chi connectivity index (χ4v) is 2.88. The predicted molar refractivity (Wildman–Crippen MR) is 82.6 cm³/mol. The largest absolute Gasteiger partial charge is 0.444 e. The van der Waals surface area contributed by atoms with Gasteiger partial charge in [-0.15, -0.1) is 0 Å². The number of fused-ring (bicyclic) bond motifs is 1. The van der Waals surface area contributed by atoms with Gasteiger partial charge in [0.05, 0.1) is 6.04 Å². The van der Waals surface area contributed by atoms with Gasteiger partial charge in [-0.25, -0.2) is 4.79 Å². The zero-order chi connectivity index (χ0) is 14.9. The van der Waals surface area contributed by atoms with Crippen LogP contribution in [0, 0.1) is 0 Å². The molecule has 2 rings (SSSR count). The third kappa shape index (κ3) is 3.33. The zero-order valence-electron chi connectivity index (χ0n) is 12.1. The Morgan fingerprint density at radius 3 is 2.80 bits per heavy atom. The highest BCUT2D eigenvalue weighted by atomic mass is 79.9. The van der Waals surface area contributed by atoms with Crippen molar-refractivity contribution in [1.82, 2.24) is 4.90 Å². The van der Waals surface area contributed by atoms with Gasteiger partial charge < -0.3 is 10.5 Å². The molecular weight excluding hydrogens is 320 g/mol. The Labute approximate surface area is 128 Å². The molecule has 0 saturated heterocycles. The van der Waals surface area contributed by atoms with Gasteiger partial charge in [0.15, 0.2) is 0 Å². The van der Waals surface area contributed by atoms with Crippen molar-refractivity contribution in [3.8, 4) is 0 Å². The van der Waals surface area contributed by atoms with Gasteiger partial charge >= 0.3 is 6.09 Å². The number of carbonyl (C=O) groups is 1. The van der Waals surface area contributed by atoms with E-state index >= 15 is 0 Å². The van der Waals surface area contributed by atoms with Gasteiger partial charge in [-0.2, -0.15) is 0 Å². The van der Waals surface area contributed by atoms with Crippen LogP contribution in [0.15, 0.2) is 22.7 Å². The fourth-order valence-electron chi connectivity index (χ4n) is 2.47. The van der Waals surface area contributed by atoms with Crippen LogP contribution >= 0.6 is 15.9 Å². The fraction of sp³-hybridized carbons (Fsp3) is 0.533. The maximum atomic E-state index is 12.3. The van der Waals surface area contributed by atoms with E-state index < -0.39 is 5.60 Å². The quantitative estimate of drug-likeness (QED) is 0.853. The van der Waals surface area contributed by atoms with Crippen molar-refractivity contribution in [3.05, 3.63) is 33.8 Å². The molecule has 0 unspecified atom stereocenters. The second kappa shape index (κ2) is 5.74. The molecule has 0 aliphatic carbocycles. The molecule has 1 aliphatic heterocycles. The molecule has 0 bridgehead atoms. The Hall–Kier alpha value is -1.07. The van der Waals surface area contributed by atoms with Crippen LogP contribution in [-0.4, -0.2) is 29.7 Å². The van der Waals surface area contributed by atoms with Gasteiger partial charge in [0.1, 0.15) is 5.60 Å². The van der Waals surface area contributed by atoms with Gasteiger partial charge in [-0.1, -0.05) is 22.0 Å². The van der Waals surface area contributed by atoms with Crippen molar-refractivity contribution in [2.45, 2.75) is 38.8 Å². The number of hydrogen-bond donors (Lipinski definition) is 1. The van der Waals surface area contributed by atoms with Crippen LogP contribution in [0.1, 0.15) is 37.9 Å². The van der Waals surface area contributed by atoms with Gasteiger partial charge in [-0.05, 0) is 50.5 Å². The maximum absolute atomic E-state index is 12.3. The Kier molecular flexibility index (Phi) is 4.39. The molecule has 0 saturated carbocycles. The Morgan fingerprint density at radius 1 is 1.50 bits per heavy atom. The van der Waals surface area contributed by atoms with Crippen molar-refractivity contribution in [2.24, 2.45) is 5.73 Å². The summed E-state index contributed by atoms with van der Waals surface area (Å²) in [4.78, 5) is 14.0. The van der Waals surface area contributed by atoms with Gasteiger partial charge in [-0.3, -0.25) is 4.90 Å². The summed E-state index contributed by atoms with van der Waals surface area (Å²) in [7, 11) is 0. The normalized spacial score (nSPS) is 18.6. The summed E-state index contributed by atoms with van der Waals surface area (Å²) in [6.07, 6.45) is 0.534. The minimum absolute atomic E-state index is 0.110. The van der Waals surface area contributed by atoms with Gasteiger partial charge in [0.25, 0.3) is 0 Å². The van der Waals surface area contributed by atoms with Crippen LogP contribution in [0.4, 0.5) is 4.79 Å². The molecule has 1 amide bonds. The highest BCUT2D eigenvalue weighted by molar-refractivity contribution is 9.10. The van der Waals surface area contributed by atoms with Crippen LogP contribution in [0.2, 0.25) is 0 Å². The summed E-state index contributed by atoms with van der Waals surface area (Å²) in [5, 5.41) is 0. The number of ether oxygens (including phenoxy) is 1. The third-order valence-corrected chi connectivity index (χ3v) is 3.81. The molecule has 4 nitrogen and oxygen atoms in total. The second-order valence-electron chi connectivity index (χ2n) is 6.02. The van der Waals surface area contributed by atoms with E-state index in [1.807, 2.05) is 32.9 Å². The van der Waals surface area contributed by atoms with Crippen LogP contribution in [0.25, 0.3) is 0 Å². The highest BCUT2D eigenvalue weighted by Crippen LogP contribution is 2.32. The molecule has 1 aromatic rings. The molecule has 20 heavy (non-hydrogen) atoms. The van der Waals surface area contributed by atoms with E-state index in [2.05, 4.69) is 22.0 Å². The minimum Gasteiger partial charge on any atom is -0.444 e. The number of nitrogens with zero attached hydrogens (tertiary/aromatic N) is 1. The van der Waals surface area contributed by atoms with E-state index in [-0.39, 0.29) is 12.1 Å². The summed E-state index contributed by atoms with van der Waals surface area (Å²) in [6, 6.07) is 6.01. The molecule has 1 aromatic carbocycles. The number of amides is 1. The van der Waals surface area contributed by atoms with E-state index in [9.17, 15) is 4.79 Å². The average molecular weight is 341 g/mol. The summed E-state index contributed by atoms with van der Waals surface area (Å²) in [5.41, 5.74) is 7.76. The lowest BCUT2D eigenvalue weighted by atomic mass is 9.93. The van der Waals surface area contributed by atoms with Crippen molar-refractivity contribution < 1.29 is 9.53 Å². The molecule has 1 aliphatic rings. The number of hydrogen-bond acceptors (Lipinski definition) is 3. The molecule has 0 aromatic heterocycles. The van der Waals surface area contributed by atoms with E-state index in [0.717, 1.165) is 16.5 Å². The first-order valence-electron chi connectivity index (χ1n) is 6.80. The molecule has 1 heterocycles. The molecule has 0 spiro atoms. The van der Waals surface area contributed by atoms with Crippen LogP contribution in [0.5, 0.6) is 0 Å². The molecule has 0 fully saturated rings. The summed E-state index contributed by atoms with van der Waals surface area (Å²) in [6.45, 7) is 6.65. The Morgan fingerprint density at radius 2 is 2.20 bits per heavy atom. The summed E-state index contributed by atoms with van der Waals surface area (Å²) < 4.78 is 6.52. The van der Waals surface area contributed by atoms with Crippen LogP contribution in [0.3, 0.4) is 0 Å². The van der Waals surface area contributed by atoms with E-state index in [0.29, 0.717) is 13.1 Å². The molecule has 0 radical (unpaired) electrons. The van der Waals surface area contributed by atoms with E-state index in [4.69, 9.17) is 10.5 Å². The second-order valence-corrected chi connectivity index (χ2v) is 6.93. The lowest BCUT2D eigenvalue weighted by Crippen LogP contribution is -2.45. The molecular formula is C15H21BrN2O2. The van der Waals surface area contributed by atoms with Crippen molar-refractivity contribution in [1.29, 1.82) is 0 Å². The Balaban J connectivity index is 2.25. The monoisotopic (exact) mass is 340 g/mol. The van der Waals surface area contributed by atoms with Gasteiger partial charge in [0, 0.05) is 17.6 Å². The molecule has 110 valence electrons. The number of carbonyl (C=O) groups excluding carboxylic acids is 1. The lowest BCUT2D eigenvalue weighted by molar-refractivity contribution is 0.0150. The maximum Gasteiger partial charge on any atom is 0.410 e. The SMILES string of the molecule is CC(C)(C)OC(=O)N1CCc2cc(Br)ccc2[C@H]1CN. The lowest BCUT2D eigenvalue weighted by Gasteiger charge is -2.37. The topological polar surface area (TPSA) is 55.6 Å². The molecule has 5 heteroatoms. The highest BCUT2D eigenvalue weighted by Gasteiger charge is 2.32. The third-order valence-electron chi connectivity index (χ3n) is 3.31.